The van der Waals surface area contributed by atoms with Crippen LogP contribution in [0.25, 0.3) is 32.4 Å². The standard InChI is InChI=1S/C30H34N8S/c1-36-14-16-37(17-15-36)22-10-12-23(13-11-22)38-18-24(27-28(31)32-19-33-29(27)38)20-6-8-21(9-7-20)34-30-35-25-4-2-3-5-26(25)39-30/h2-9,18-19,22-23H,10-17H2,1H3,(H,34,35)(H2,31,32,33)/t22-,23-. The number of rotatable bonds is 5. The van der Waals surface area contributed by atoms with Crippen molar-refractivity contribution in [2.24, 2.45) is 0 Å². The largest absolute Gasteiger partial charge is 0.383 e. The van der Waals surface area contributed by atoms with Crippen molar-refractivity contribution in [1.82, 2.24) is 29.3 Å². The number of anilines is 3. The second-order valence-corrected chi connectivity index (χ2v) is 11.9. The average molecular weight is 539 g/mol. The Balaban J connectivity index is 1.12. The second kappa shape index (κ2) is 10.2. The van der Waals surface area contributed by atoms with Gasteiger partial charge in [-0.3, -0.25) is 4.90 Å². The molecule has 0 radical (unpaired) electrons. The highest BCUT2D eigenvalue weighted by molar-refractivity contribution is 7.22. The third-order valence-corrected chi connectivity index (χ3v) is 9.45. The Morgan fingerprint density at radius 3 is 2.41 bits per heavy atom. The molecule has 2 aromatic carbocycles. The molecule has 5 aromatic rings. The van der Waals surface area contributed by atoms with Gasteiger partial charge in [0.05, 0.1) is 15.6 Å². The molecule has 1 saturated carbocycles. The summed E-state index contributed by atoms with van der Waals surface area (Å²) in [5.74, 6) is 0.538. The Labute approximate surface area is 232 Å². The lowest BCUT2D eigenvalue weighted by atomic mass is 9.89. The zero-order valence-corrected chi connectivity index (χ0v) is 23.1. The summed E-state index contributed by atoms with van der Waals surface area (Å²) in [4.78, 5) is 18.9. The zero-order valence-electron chi connectivity index (χ0n) is 22.3. The Hall–Kier alpha value is -3.53. The highest BCUT2D eigenvalue weighted by atomic mass is 32.1. The molecule has 0 unspecified atom stereocenters. The van der Waals surface area contributed by atoms with Gasteiger partial charge in [0.2, 0.25) is 0 Å². The summed E-state index contributed by atoms with van der Waals surface area (Å²) in [6.07, 6.45) is 8.64. The van der Waals surface area contributed by atoms with Gasteiger partial charge in [-0.15, -0.1) is 0 Å². The van der Waals surface area contributed by atoms with E-state index < -0.39 is 0 Å². The lowest BCUT2D eigenvalue weighted by Gasteiger charge is -2.41. The first-order valence-corrected chi connectivity index (χ1v) is 14.7. The third-order valence-electron chi connectivity index (χ3n) is 8.49. The number of nitrogens with zero attached hydrogens (tertiary/aromatic N) is 6. The van der Waals surface area contributed by atoms with Crippen molar-refractivity contribution in [2.45, 2.75) is 37.8 Å². The third kappa shape index (κ3) is 4.75. The Bertz CT molecular complexity index is 1560. The van der Waals surface area contributed by atoms with Gasteiger partial charge in [0.25, 0.3) is 0 Å². The van der Waals surface area contributed by atoms with Crippen LogP contribution in [0.3, 0.4) is 0 Å². The number of nitrogen functional groups attached to an aromatic ring is 1. The van der Waals surface area contributed by atoms with Gasteiger partial charge in [0, 0.05) is 55.7 Å². The van der Waals surface area contributed by atoms with Crippen LogP contribution in [0.4, 0.5) is 16.6 Å². The fourth-order valence-electron chi connectivity index (χ4n) is 6.28. The second-order valence-electron chi connectivity index (χ2n) is 10.9. The number of fused-ring (bicyclic) bond motifs is 2. The molecule has 4 heterocycles. The van der Waals surface area contributed by atoms with Crippen molar-refractivity contribution in [2.75, 3.05) is 44.3 Å². The molecule has 0 bridgehead atoms. The molecule has 200 valence electrons. The fraction of sp³-hybridized carbons (Fsp3) is 0.367. The van der Waals surface area contributed by atoms with Gasteiger partial charge in [-0.05, 0) is 62.6 Å². The van der Waals surface area contributed by atoms with Crippen LogP contribution < -0.4 is 11.1 Å². The van der Waals surface area contributed by atoms with Crippen LogP contribution in [-0.4, -0.2) is 68.6 Å². The summed E-state index contributed by atoms with van der Waals surface area (Å²) in [6, 6.07) is 17.8. The molecule has 2 fully saturated rings. The van der Waals surface area contributed by atoms with E-state index in [-0.39, 0.29) is 0 Å². The molecule has 3 N–H and O–H groups in total. The number of nitrogens with one attached hydrogen (secondary N) is 1. The van der Waals surface area contributed by atoms with Gasteiger partial charge in [0.15, 0.2) is 5.13 Å². The van der Waals surface area contributed by atoms with Crippen LogP contribution in [0.15, 0.2) is 61.1 Å². The van der Waals surface area contributed by atoms with E-state index in [0.717, 1.165) is 51.3 Å². The molecule has 7 rings (SSSR count). The highest BCUT2D eigenvalue weighted by Crippen LogP contribution is 2.39. The molecule has 0 spiro atoms. The predicted octanol–water partition coefficient (Wildman–Crippen LogP) is 5.76. The molecule has 3 aromatic heterocycles. The summed E-state index contributed by atoms with van der Waals surface area (Å²) in [7, 11) is 2.23. The number of hydrogen-bond acceptors (Lipinski definition) is 8. The van der Waals surface area contributed by atoms with Crippen molar-refractivity contribution in [3.63, 3.8) is 0 Å². The number of thiazole rings is 1. The van der Waals surface area contributed by atoms with Gasteiger partial charge in [-0.25, -0.2) is 15.0 Å². The minimum absolute atomic E-state index is 0.430. The predicted molar refractivity (Wildman–Crippen MR) is 161 cm³/mol. The minimum Gasteiger partial charge on any atom is -0.383 e. The van der Waals surface area contributed by atoms with E-state index in [2.05, 4.69) is 68.2 Å². The Kier molecular flexibility index (Phi) is 6.42. The van der Waals surface area contributed by atoms with E-state index in [4.69, 9.17) is 15.7 Å². The average Bonchev–Trinajstić information content (AvgIpc) is 3.56. The molecule has 8 nitrogen and oxygen atoms in total. The van der Waals surface area contributed by atoms with Gasteiger partial charge in [-0.1, -0.05) is 35.6 Å². The molecule has 0 amide bonds. The van der Waals surface area contributed by atoms with Gasteiger partial charge in [-0.2, -0.15) is 0 Å². The maximum Gasteiger partial charge on any atom is 0.188 e. The monoisotopic (exact) mass is 538 g/mol. The van der Waals surface area contributed by atoms with E-state index in [9.17, 15) is 0 Å². The van der Waals surface area contributed by atoms with Crippen molar-refractivity contribution < 1.29 is 0 Å². The van der Waals surface area contributed by atoms with Crippen LogP contribution in [0.1, 0.15) is 31.7 Å². The summed E-state index contributed by atoms with van der Waals surface area (Å²) in [6.45, 7) is 4.74. The number of likely N-dealkylation sites (N-methyl/N-ethyl adjacent to an activating group) is 1. The normalized spacial score (nSPS) is 21.1. The summed E-state index contributed by atoms with van der Waals surface area (Å²) in [5.41, 5.74) is 11.6. The highest BCUT2D eigenvalue weighted by Gasteiger charge is 2.30. The topological polar surface area (TPSA) is 88.1 Å². The first kappa shape index (κ1) is 24.5. The van der Waals surface area contributed by atoms with E-state index in [0.29, 0.717) is 17.9 Å². The van der Waals surface area contributed by atoms with E-state index >= 15 is 0 Å². The minimum atomic E-state index is 0.430. The molecule has 1 saturated heterocycles. The van der Waals surface area contributed by atoms with Crippen LogP contribution in [0, 0.1) is 0 Å². The van der Waals surface area contributed by atoms with Crippen LogP contribution in [0.5, 0.6) is 0 Å². The van der Waals surface area contributed by atoms with Crippen molar-refractivity contribution in [3.8, 4) is 11.1 Å². The van der Waals surface area contributed by atoms with Gasteiger partial charge >= 0.3 is 0 Å². The Morgan fingerprint density at radius 1 is 0.897 bits per heavy atom. The zero-order chi connectivity index (χ0) is 26.3. The molecule has 39 heavy (non-hydrogen) atoms. The maximum absolute atomic E-state index is 6.44. The van der Waals surface area contributed by atoms with Gasteiger partial charge in [0.1, 0.15) is 17.8 Å². The maximum atomic E-state index is 6.44. The smallest absolute Gasteiger partial charge is 0.188 e. The van der Waals surface area contributed by atoms with E-state index in [1.807, 2.05) is 18.2 Å². The van der Waals surface area contributed by atoms with Crippen LogP contribution >= 0.6 is 11.3 Å². The van der Waals surface area contributed by atoms with Crippen molar-refractivity contribution >= 4 is 49.2 Å². The Morgan fingerprint density at radius 2 is 1.64 bits per heavy atom. The number of aromatic nitrogens is 4. The molecular weight excluding hydrogens is 504 g/mol. The first-order valence-electron chi connectivity index (χ1n) is 13.9. The molecular formula is C30H34N8S. The number of hydrogen-bond donors (Lipinski definition) is 2. The van der Waals surface area contributed by atoms with E-state index in [1.165, 1.54) is 43.7 Å². The molecule has 0 atom stereocenters. The summed E-state index contributed by atoms with van der Waals surface area (Å²) < 4.78 is 3.55. The van der Waals surface area contributed by atoms with Crippen LogP contribution in [-0.2, 0) is 0 Å². The quantitative estimate of drug-likeness (QED) is 0.294. The molecule has 2 aliphatic rings. The SMILES string of the molecule is CN1CCN([C@H]2CC[C@H](n3cc(-c4ccc(Nc5nc6ccccc6s5)cc4)c4c(N)ncnc43)CC2)CC1. The van der Waals surface area contributed by atoms with Crippen LogP contribution in [0.2, 0.25) is 0 Å². The van der Waals surface area contributed by atoms with Gasteiger partial charge < -0.3 is 20.5 Å². The number of benzene rings is 2. The number of nitrogens with two attached hydrogens (primary N) is 1. The first-order chi connectivity index (χ1) is 19.1. The van der Waals surface area contributed by atoms with E-state index in [1.54, 1.807) is 17.7 Å². The van der Waals surface area contributed by atoms with Crippen molar-refractivity contribution in [1.29, 1.82) is 0 Å². The molecule has 1 aliphatic carbocycles. The number of piperazine rings is 1. The molecule has 9 heteroatoms. The lowest BCUT2D eigenvalue weighted by molar-refractivity contribution is 0.0828. The lowest BCUT2D eigenvalue weighted by Crippen LogP contribution is -2.49. The summed E-state index contributed by atoms with van der Waals surface area (Å²) >= 11 is 1.66. The van der Waals surface area contributed by atoms with Crippen molar-refractivity contribution in [3.05, 3.63) is 61.1 Å². The summed E-state index contributed by atoms with van der Waals surface area (Å²) in [5, 5.41) is 5.30. The number of para-hydroxylation sites is 1. The fourth-order valence-corrected chi connectivity index (χ4v) is 7.16. The molecule has 1 aliphatic heterocycles.